The third-order valence-corrected chi connectivity index (χ3v) is 3.50. The molecule has 0 aliphatic rings. The van der Waals surface area contributed by atoms with E-state index in [0.29, 0.717) is 6.04 Å². The Kier molecular flexibility index (Phi) is 7.27. The van der Waals surface area contributed by atoms with E-state index in [1.54, 1.807) is 7.11 Å². The summed E-state index contributed by atoms with van der Waals surface area (Å²) in [5.41, 5.74) is 3.88. The number of rotatable bonds is 6. The highest BCUT2D eigenvalue weighted by Crippen LogP contribution is 2.17. The third-order valence-electron chi connectivity index (χ3n) is 3.50. The lowest BCUT2D eigenvalue weighted by atomic mass is 10.1. The Hall–Kier alpha value is -1.51. The first-order valence-corrected chi connectivity index (χ1v) is 7.10. The molecular weight excluding hydrogens is 282 g/mol. The quantitative estimate of drug-likeness (QED) is 0.866. The molecule has 2 aromatic rings. The Morgan fingerprint density at radius 1 is 1.05 bits per heavy atom. The van der Waals surface area contributed by atoms with Crippen molar-refractivity contribution in [3.8, 4) is 5.75 Å². The molecule has 21 heavy (non-hydrogen) atoms. The van der Waals surface area contributed by atoms with Crippen molar-refractivity contribution >= 4 is 12.4 Å². The lowest BCUT2D eigenvalue weighted by Gasteiger charge is -2.15. The second-order valence-electron chi connectivity index (χ2n) is 5.28. The van der Waals surface area contributed by atoms with Crippen LogP contribution < -0.4 is 10.1 Å². The summed E-state index contributed by atoms with van der Waals surface area (Å²) in [6, 6.07) is 17.3. The lowest BCUT2D eigenvalue weighted by Crippen LogP contribution is -2.27. The van der Waals surface area contributed by atoms with Gasteiger partial charge in [-0.15, -0.1) is 12.4 Å². The van der Waals surface area contributed by atoms with Crippen molar-refractivity contribution in [2.45, 2.75) is 32.9 Å². The Morgan fingerprint density at radius 3 is 2.38 bits per heavy atom. The van der Waals surface area contributed by atoms with Crippen LogP contribution in [0.2, 0.25) is 0 Å². The van der Waals surface area contributed by atoms with E-state index in [0.717, 1.165) is 18.7 Å². The Balaban J connectivity index is 0.00000220. The first-order valence-electron chi connectivity index (χ1n) is 7.10. The van der Waals surface area contributed by atoms with Gasteiger partial charge in [-0.3, -0.25) is 0 Å². The molecule has 0 amide bonds. The van der Waals surface area contributed by atoms with E-state index in [4.69, 9.17) is 4.74 Å². The molecule has 0 aliphatic heterocycles. The van der Waals surface area contributed by atoms with Gasteiger partial charge in [-0.05, 0) is 31.9 Å². The van der Waals surface area contributed by atoms with Crippen molar-refractivity contribution in [2.24, 2.45) is 0 Å². The zero-order valence-corrected chi connectivity index (χ0v) is 13.7. The number of para-hydroxylation sites is 1. The van der Waals surface area contributed by atoms with Gasteiger partial charge >= 0.3 is 0 Å². The number of ether oxygens (including phenoxy) is 1. The van der Waals surface area contributed by atoms with Gasteiger partial charge in [-0.25, -0.2) is 0 Å². The molecule has 3 heteroatoms. The van der Waals surface area contributed by atoms with Gasteiger partial charge in [0.1, 0.15) is 5.75 Å². The fraction of sp³-hybridized carbons (Fsp3) is 0.333. The molecule has 2 rings (SSSR count). The number of benzene rings is 2. The topological polar surface area (TPSA) is 21.3 Å². The van der Waals surface area contributed by atoms with Gasteiger partial charge in [0.25, 0.3) is 0 Å². The monoisotopic (exact) mass is 305 g/mol. The van der Waals surface area contributed by atoms with Crippen molar-refractivity contribution in [1.29, 1.82) is 0 Å². The van der Waals surface area contributed by atoms with Gasteiger partial charge in [0.15, 0.2) is 0 Å². The molecule has 0 radical (unpaired) electrons. The highest BCUT2D eigenvalue weighted by Gasteiger charge is 2.06. The molecule has 0 fully saturated rings. The highest BCUT2D eigenvalue weighted by atomic mass is 35.5. The maximum atomic E-state index is 5.37. The van der Waals surface area contributed by atoms with Gasteiger partial charge in [0.2, 0.25) is 0 Å². The van der Waals surface area contributed by atoms with E-state index in [2.05, 4.69) is 49.5 Å². The maximum absolute atomic E-state index is 5.37. The lowest BCUT2D eigenvalue weighted by molar-refractivity contribution is 0.405. The van der Waals surface area contributed by atoms with E-state index in [-0.39, 0.29) is 12.4 Å². The normalized spacial score (nSPS) is 11.6. The molecule has 2 nitrogen and oxygen atoms in total. The van der Waals surface area contributed by atoms with Crippen LogP contribution in [0.15, 0.2) is 48.5 Å². The number of nitrogens with one attached hydrogen (secondary N) is 1. The summed E-state index contributed by atoms with van der Waals surface area (Å²) < 4.78 is 5.37. The van der Waals surface area contributed by atoms with Crippen LogP contribution in [0.1, 0.15) is 23.6 Å². The van der Waals surface area contributed by atoms with Crippen molar-refractivity contribution in [1.82, 2.24) is 5.32 Å². The van der Waals surface area contributed by atoms with E-state index < -0.39 is 0 Å². The largest absolute Gasteiger partial charge is 0.496 e. The average molecular weight is 306 g/mol. The van der Waals surface area contributed by atoms with Crippen molar-refractivity contribution < 1.29 is 4.74 Å². The molecule has 0 spiro atoms. The minimum absolute atomic E-state index is 0. The Labute approximate surface area is 133 Å². The molecule has 0 bridgehead atoms. The molecule has 0 heterocycles. The molecule has 1 N–H and O–H groups in total. The van der Waals surface area contributed by atoms with E-state index in [9.17, 15) is 0 Å². The molecule has 1 unspecified atom stereocenters. The van der Waals surface area contributed by atoms with Gasteiger partial charge in [0, 0.05) is 18.2 Å². The summed E-state index contributed by atoms with van der Waals surface area (Å²) >= 11 is 0. The zero-order valence-electron chi connectivity index (χ0n) is 12.9. The van der Waals surface area contributed by atoms with Crippen molar-refractivity contribution in [3.63, 3.8) is 0 Å². The number of aryl methyl sites for hydroxylation is 1. The second-order valence-corrected chi connectivity index (χ2v) is 5.28. The summed E-state index contributed by atoms with van der Waals surface area (Å²) in [7, 11) is 1.72. The summed E-state index contributed by atoms with van der Waals surface area (Å²) in [4.78, 5) is 0. The minimum atomic E-state index is 0. The Bertz CT molecular complexity index is 539. The zero-order chi connectivity index (χ0) is 14.4. The maximum Gasteiger partial charge on any atom is 0.123 e. The number of hydrogen-bond donors (Lipinski definition) is 1. The van der Waals surface area contributed by atoms with Crippen LogP contribution in [-0.2, 0) is 13.0 Å². The summed E-state index contributed by atoms with van der Waals surface area (Å²) in [5, 5.41) is 3.56. The van der Waals surface area contributed by atoms with Crippen LogP contribution in [0.3, 0.4) is 0 Å². The van der Waals surface area contributed by atoms with Crippen LogP contribution >= 0.6 is 12.4 Å². The number of hydrogen-bond acceptors (Lipinski definition) is 2. The molecule has 0 aromatic heterocycles. The standard InChI is InChI=1S/C18H23NO.ClH/c1-14-8-10-16(11-9-14)12-15(2)19-13-17-6-4-5-7-18(17)20-3;/h4-11,15,19H,12-13H2,1-3H3;1H. The van der Waals surface area contributed by atoms with E-state index in [1.165, 1.54) is 16.7 Å². The molecule has 2 aromatic carbocycles. The van der Waals surface area contributed by atoms with Crippen LogP contribution in [0.5, 0.6) is 5.75 Å². The smallest absolute Gasteiger partial charge is 0.123 e. The molecule has 1 atom stereocenters. The number of methoxy groups -OCH3 is 1. The van der Waals surface area contributed by atoms with Crippen LogP contribution in [-0.4, -0.2) is 13.2 Å². The fourth-order valence-corrected chi connectivity index (χ4v) is 2.28. The molecule has 0 saturated carbocycles. The molecular formula is C18H24ClNO. The SMILES string of the molecule is COc1ccccc1CNC(C)Cc1ccc(C)cc1.Cl. The van der Waals surface area contributed by atoms with E-state index in [1.807, 2.05) is 18.2 Å². The summed E-state index contributed by atoms with van der Waals surface area (Å²) in [6.45, 7) is 5.17. The van der Waals surface area contributed by atoms with Gasteiger partial charge in [-0.1, -0.05) is 48.0 Å². The summed E-state index contributed by atoms with van der Waals surface area (Å²) in [6.07, 6.45) is 1.04. The predicted molar refractivity (Wildman–Crippen MR) is 91.4 cm³/mol. The fourth-order valence-electron chi connectivity index (χ4n) is 2.28. The van der Waals surface area contributed by atoms with E-state index >= 15 is 0 Å². The first kappa shape index (κ1) is 17.5. The Morgan fingerprint density at radius 2 is 1.71 bits per heavy atom. The molecule has 0 aliphatic carbocycles. The van der Waals surface area contributed by atoms with Crippen LogP contribution in [0.4, 0.5) is 0 Å². The van der Waals surface area contributed by atoms with Crippen molar-refractivity contribution in [2.75, 3.05) is 7.11 Å². The van der Waals surface area contributed by atoms with Crippen molar-refractivity contribution in [3.05, 3.63) is 65.2 Å². The third kappa shape index (κ3) is 5.41. The first-order chi connectivity index (χ1) is 9.69. The van der Waals surface area contributed by atoms with Gasteiger partial charge < -0.3 is 10.1 Å². The number of halogens is 1. The summed E-state index contributed by atoms with van der Waals surface area (Å²) in [5.74, 6) is 0.947. The van der Waals surface area contributed by atoms with Crippen LogP contribution in [0, 0.1) is 6.92 Å². The second kappa shape index (κ2) is 8.71. The molecule has 114 valence electrons. The molecule has 0 saturated heterocycles. The van der Waals surface area contributed by atoms with Gasteiger partial charge in [-0.2, -0.15) is 0 Å². The minimum Gasteiger partial charge on any atom is -0.496 e. The van der Waals surface area contributed by atoms with Gasteiger partial charge in [0.05, 0.1) is 7.11 Å². The predicted octanol–water partition coefficient (Wildman–Crippen LogP) is 4.15. The van der Waals surface area contributed by atoms with Crippen LogP contribution in [0.25, 0.3) is 0 Å². The highest BCUT2D eigenvalue weighted by molar-refractivity contribution is 5.85. The average Bonchev–Trinajstić information content (AvgIpc) is 2.48.